The lowest BCUT2D eigenvalue weighted by molar-refractivity contribution is 0.0925. The van der Waals surface area contributed by atoms with E-state index in [4.69, 9.17) is 0 Å². The average molecular weight is 370 g/mol. The van der Waals surface area contributed by atoms with Gasteiger partial charge in [-0.05, 0) is 60.5 Å². The zero-order valence-electron chi connectivity index (χ0n) is 15.3. The van der Waals surface area contributed by atoms with Crippen molar-refractivity contribution in [2.75, 3.05) is 10.2 Å². The Morgan fingerprint density at radius 3 is 1.93 bits per heavy atom. The van der Waals surface area contributed by atoms with Crippen molar-refractivity contribution in [3.63, 3.8) is 0 Å². The number of hydrogen-bond donors (Lipinski definition) is 1. The summed E-state index contributed by atoms with van der Waals surface area (Å²) in [5, 5.41) is 2.84. The molecule has 1 aliphatic heterocycles. The summed E-state index contributed by atoms with van der Waals surface area (Å²) in [5.74, 6) is -0.958. The Labute approximate surface area is 162 Å². The smallest absolute Gasteiger partial charge is 0.266 e. The van der Waals surface area contributed by atoms with Gasteiger partial charge < -0.3 is 5.32 Å². The van der Waals surface area contributed by atoms with Crippen LogP contribution in [0.4, 0.5) is 11.4 Å². The Hall–Kier alpha value is -3.73. The predicted molar refractivity (Wildman–Crippen MR) is 108 cm³/mol. The van der Waals surface area contributed by atoms with E-state index in [0.29, 0.717) is 28.1 Å². The summed E-state index contributed by atoms with van der Waals surface area (Å²) in [5.41, 5.74) is 3.58. The average Bonchev–Trinajstić information content (AvgIpc) is 2.99. The predicted octanol–water partition coefficient (Wildman–Crippen LogP) is 4.30. The molecule has 0 radical (unpaired) electrons. The number of nitrogens with one attached hydrogen (secondary N) is 1. The second-order valence-corrected chi connectivity index (χ2v) is 6.54. The maximum absolute atomic E-state index is 12.5. The van der Waals surface area contributed by atoms with Gasteiger partial charge in [-0.25, -0.2) is 4.90 Å². The van der Waals surface area contributed by atoms with E-state index in [1.807, 2.05) is 24.3 Å². The largest absolute Gasteiger partial charge is 0.322 e. The van der Waals surface area contributed by atoms with Crippen LogP contribution in [0.15, 0.2) is 72.8 Å². The first-order valence-corrected chi connectivity index (χ1v) is 9.06. The Kier molecular flexibility index (Phi) is 4.49. The molecule has 0 bridgehead atoms. The summed E-state index contributed by atoms with van der Waals surface area (Å²) >= 11 is 0. The normalized spacial score (nSPS) is 12.8. The quantitative estimate of drug-likeness (QED) is 0.696. The third-order valence-electron chi connectivity index (χ3n) is 4.80. The van der Waals surface area contributed by atoms with Crippen LogP contribution in [-0.2, 0) is 6.42 Å². The molecule has 28 heavy (non-hydrogen) atoms. The summed E-state index contributed by atoms with van der Waals surface area (Å²) in [4.78, 5) is 38.7. The maximum atomic E-state index is 12.5. The molecule has 1 aliphatic rings. The SMILES string of the molecule is CCc1ccc(NC(=O)c2ccc(N3C(=O)c4ccccc4C3=O)cc2)cc1. The highest BCUT2D eigenvalue weighted by Crippen LogP contribution is 2.28. The van der Waals surface area contributed by atoms with E-state index in [1.54, 1.807) is 48.5 Å². The molecule has 5 heteroatoms. The van der Waals surface area contributed by atoms with Crippen LogP contribution in [0, 0.1) is 0 Å². The molecule has 3 amide bonds. The molecular weight excluding hydrogens is 352 g/mol. The third-order valence-corrected chi connectivity index (χ3v) is 4.80. The van der Waals surface area contributed by atoms with Crippen LogP contribution in [0.5, 0.6) is 0 Å². The number of carbonyl (C=O) groups is 3. The summed E-state index contributed by atoms with van der Waals surface area (Å²) in [6.07, 6.45) is 0.938. The van der Waals surface area contributed by atoms with E-state index < -0.39 is 0 Å². The van der Waals surface area contributed by atoms with E-state index in [1.165, 1.54) is 5.56 Å². The monoisotopic (exact) mass is 370 g/mol. The second kappa shape index (κ2) is 7.12. The van der Waals surface area contributed by atoms with Crippen LogP contribution in [0.1, 0.15) is 43.6 Å². The fourth-order valence-corrected chi connectivity index (χ4v) is 3.21. The summed E-state index contributed by atoms with van der Waals surface area (Å²) in [7, 11) is 0. The molecule has 0 aromatic heterocycles. The number of rotatable bonds is 4. The van der Waals surface area contributed by atoms with Gasteiger partial charge in [-0.15, -0.1) is 0 Å². The van der Waals surface area contributed by atoms with E-state index in [-0.39, 0.29) is 17.7 Å². The van der Waals surface area contributed by atoms with Gasteiger partial charge in [0.05, 0.1) is 16.8 Å². The molecule has 138 valence electrons. The maximum Gasteiger partial charge on any atom is 0.266 e. The lowest BCUT2D eigenvalue weighted by Crippen LogP contribution is -2.29. The molecule has 0 aliphatic carbocycles. The van der Waals surface area contributed by atoms with Gasteiger partial charge in [-0.2, -0.15) is 0 Å². The van der Waals surface area contributed by atoms with Crippen molar-refractivity contribution in [3.8, 4) is 0 Å². The van der Waals surface area contributed by atoms with Gasteiger partial charge in [0.25, 0.3) is 17.7 Å². The zero-order chi connectivity index (χ0) is 19.7. The minimum atomic E-state index is -0.353. The van der Waals surface area contributed by atoms with Crippen LogP contribution in [0.2, 0.25) is 0 Å². The van der Waals surface area contributed by atoms with Gasteiger partial charge in [-0.3, -0.25) is 14.4 Å². The zero-order valence-corrected chi connectivity index (χ0v) is 15.3. The van der Waals surface area contributed by atoms with Gasteiger partial charge in [0.1, 0.15) is 0 Å². The molecule has 3 aromatic carbocycles. The molecule has 0 unspecified atom stereocenters. The number of fused-ring (bicyclic) bond motifs is 1. The fraction of sp³-hybridized carbons (Fsp3) is 0.0870. The van der Waals surface area contributed by atoms with Crippen LogP contribution in [0.25, 0.3) is 0 Å². The first-order chi connectivity index (χ1) is 13.6. The Balaban J connectivity index is 1.52. The number of anilines is 2. The highest BCUT2D eigenvalue weighted by molar-refractivity contribution is 6.34. The van der Waals surface area contributed by atoms with E-state index in [2.05, 4.69) is 12.2 Å². The molecule has 5 nitrogen and oxygen atoms in total. The number of aryl methyl sites for hydroxylation is 1. The number of carbonyl (C=O) groups excluding carboxylic acids is 3. The van der Waals surface area contributed by atoms with Gasteiger partial charge >= 0.3 is 0 Å². The van der Waals surface area contributed by atoms with Crippen LogP contribution >= 0.6 is 0 Å². The molecule has 3 aromatic rings. The topological polar surface area (TPSA) is 66.5 Å². The highest BCUT2D eigenvalue weighted by Gasteiger charge is 2.36. The lowest BCUT2D eigenvalue weighted by atomic mass is 10.1. The molecule has 1 heterocycles. The van der Waals surface area contributed by atoms with Gasteiger partial charge in [-0.1, -0.05) is 31.2 Å². The molecule has 0 fully saturated rings. The minimum Gasteiger partial charge on any atom is -0.322 e. The van der Waals surface area contributed by atoms with E-state index in [9.17, 15) is 14.4 Å². The number of benzene rings is 3. The van der Waals surface area contributed by atoms with Crippen LogP contribution < -0.4 is 10.2 Å². The Morgan fingerprint density at radius 2 is 1.39 bits per heavy atom. The molecule has 0 saturated carbocycles. The highest BCUT2D eigenvalue weighted by atomic mass is 16.2. The second-order valence-electron chi connectivity index (χ2n) is 6.54. The summed E-state index contributed by atoms with van der Waals surface area (Å²) < 4.78 is 0. The number of amides is 3. The minimum absolute atomic E-state index is 0.252. The number of nitrogens with zero attached hydrogens (tertiary/aromatic N) is 1. The van der Waals surface area contributed by atoms with Crippen molar-refractivity contribution in [2.24, 2.45) is 0 Å². The number of imide groups is 1. The van der Waals surface area contributed by atoms with Crippen molar-refractivity contribution < 1.29 is 14.4 Å². The van der Waals surface area contributed by atoms with E-state index >= 15 is 0 Å². The van der Waals surface area contributed by atoms with Crippen molar-refractivity contribution in [1.82, 2.24) is 0 Å². The molecule has 1 N–H and O–H groups in total. The van der Waals surface area contributed by atoms with Crippen molar-refractivity contribution >= 4 is 29.1 Å². The van der Waals surface area contributed by atoms with Crippen molar-refractivity contribution in [1.29, 1.82) is 0 Å². The molecule has 0 saturated heterocycles. The third kappa shape index (κ3) is 3.07. The standard InChI is InChI=1S/C23H18N2O3/c1-2-15-7-11-17(12-8-15)24-21(26)16-9-13-18(14-10-16)25-22(27)19-5-3-4-6-20(19)23(25)28/h3-14H,2H2,1H3,(H,24,26). The summed E-state index contributed by atoms with van der Waals surface area (Å²) in [6.45, 7) is 2.07. The number of hydrogen-bond acceptors (Lipinski definition) is 3. The van der Waals surface area contributed by atoms with E-state index in [0.717, 1.165) is 11.3 Å². The van der Waals surface area contributed by atoms with Gasteiger partial charge in [0.15, 0.2) is 0 Å². The van der Waals surface area contributed by atoms with Crippen molar-refractivity contribution in [3.05, 3.63) is 95.1 Å². The van der Waals surface area contributed by atoms with Crippen LogP contribution in [0.3, 0.4) is 0 Å². The van der Waals surface area contributed by atoms with Gasteiger partial charge in [0.2, 0.25) is 0 Å². The first kappa shape index (κ1) is 17.7. The fourth-order valence-electron chi connectivity index (χ4n) is 3.21. The first-order valence-electron chi connectivity index (χ1n) is 9.06. The Morgan fingerprint density at radius 1 is 0.821 bits per heavy atom. The molecule has 0 spiro atoms. The Bertz CT molecular complexity index is 1030. The molecular formula is C23H18N2O3. The van der Waals surface area contributed by atoms with Crippen LogP contribution in [-0.4, -0.2) is 17.7 Å². The molecule has 0 atom stereocenters. The van der Waals surface area contributed by atoms with Crippen molar-refractivity contribution in [2.45, 2.75) is 13.3 Å². The van der Waals surface area contributed by atoms with Gasteiger partial charge in [0, 0.05) is 11.3 Å². The lowest BCUT2D eigenvalue weighted by Gasteiger charge is -2.14. The summed E-state index contributed by atoms with van der Waals surface area (Å²) in [6, 6.07) is 20.8. The molecule has 4 rings (SSSR count).